The molecule has 0 spiro atoms. The van der Waals surface area contributed by atoms with Crippen molar-refractivity contribution in [3.05, 3.63) is 23.2 Å². The Morgan fingerprint density at radius 2 is 2.00 bits per heavy atom. The van der Waals surface area contributed by atoms with Crippen LogP contribution in [0.5, 0.6) is 0 Å². The molecule has 0 saturated heterocycles. The number of carbonyl (C=O) groups is 1. The van der Waals surface area contributed by atoms with Crippen molar-refractivity contribution in [1.82, 2.24) is 15.3 Å². The van der Waals surface area contributed by atoms with E-state index in [-0.39, 0.29) is 36.4 Å². The van der Waals surface area contributed by atoms with Crippen LogP contribution in [0.3, 0.4) is 0 Å². The predicted octanol–water partition coefficient (Wildman–Crippen LogP) is 2.04. The van der Waals surface area contributed by atoms with Crippen molar-refractivity contribution in [3.63, 3.8) is 0 Å². The van der Waals surface area contributed by atoms with Crippen LogP contribution in [-0.4, -0.2) is 21.8 Å². The number of aromatic nitrogens is 2. The van der Waals surface area contributed by atoms with Gasteiger partial charge in [0, 0.05) is 30.1 Å². The second-order valence-electron chi connectivity index (χ2n) is 5.07. The second-order valence-corrected chi connectivity index (χ2v) is 5.43. The molecule has 0 radical (unpaired) electrons. The molecular formula is C12H12ClF2N3O. The quantitative estimate of drug-likeness (QED) is 0.925. The molecule has 0 aromatic carbocycles. The first-order valence-corrected chi connectivity index (χ1v) is 6.49. The summed E-state index contributed by atoms with van der Waals surface area (Å²) in [6.45, 7) is 0.174. The third-order valence-electron chi connectivity index (χ3n) is 3.97. The molecule has 102 valence electrons. The maximum absolute atomic E-state index is 13.0. The van der Waals surface area contributed by atoms with Gasteiger partial charge in [0.05, 0.1) is 12.2 Å². The van der Waals surface area contributed by atoms with E-state index in [4.69, 9.17) is 11.6 Å². The lowest BCUT2D eigenvalue weighted by Gasteiger charge is -2.14. The van der Waals surface area contributed by atoms with Crippen molar-refractivity contribution < 1.29 is 13.6 Å². The number of alkyl halides is 2. The first kappa shape index (κ1) is 12.7. The smallest absolute Gasteiger partial charge is 0.254 e. The fourth-order valence-electron chi connectivity index (χ4n) is 2.81. The molecule has 2 saturated carbocycles. The molecule has 1 aromatic heterocycles. The Morgan fingerprint density at radius 1 is 1.37 bits per heavy atom. The summed E-state index contributed by atoms with van der Waals surface area (Å²) in [5.41, 5.74) is 0.478. The van der Waals surface area contributed by atoms with Crippen molar-refractivity contribution in [2.45, 2.75) is 25.3 Å². The van der Waals surface area contributed by atoms with Gasteiger partial charge in [-0.1, -0.05) is 11.6 Å². The fourth-order valence-corrected chi connectivity index (χ4v) is 2.98. The Kier molecular flexibility index (Phi) is 2.92. The van der Waals surface area contributed by atoms with Gasteiger partial charge in [-0.05, 0) is 12.8 Å². The summed E-state index contributed by atoms with van der Waals surface area (Å²) in [6.07, 6.45) is 3.49. The van der Waals surface area contributed by atoms with Crippen LogP contribution in [-0.2, 0) is 11.3 Å². The van der Waals surface area contributed by atoms with E-state index in [9.17, 15) is 13.6 Å². The predicted molar refractivity (Wildman–Crippen MR) is 63.5 cm³/mol. The third kappa shape index (κ3) is 2.18. The van der Waals surface area contributed by atoms with E-state index < -0.39 is 17.8 Å². The molecule has 4 nitrogen and oxygen atoms in total. The molecule has 7 heteroatoms. The van der Waals surface area contributed by atoms with Crippen molar-refractivity contribution in [3.8, 4) is 0 Å². The number of rotatable bonds is 3. The van der Waals surface area contributed by atoms with E-state index in [1.54, 1.807) is 0 Å². The Labute approximate surface area is 113 Å². The third-order valence-corrected chi connectivity index (χ3v) is 4.28. The van der Waals surface area contributed by atoms with Crippen LogP contribution in [0.2, 0.25) is 5.15 Å². The monoisotopic (exact) mass is 287 g/mol. The van der Waals surface area contributed by atoms with Crippen LogP contribution in [0.4, 0.5) is 8.78 Å². The maximum Gasteiger partial charge on any atom is 0.254 e. The summed E-state index contributed by atoms with van der Waals surface area (Å²) >= 11 is 5.81. The van der Waals surface area contributed by atoms with Gasteiger partial charge in [-0.25, -0.2) is 13.8 Å². The lowest BCUT2D eigenvalue weighted by atomic mass is 10.0. The van der Waals surface area contributed by atoms with Crippen molar-refractivity contribution in [2.75, 3.05) is 0 Å². The molecule has 1 unspecified atom stereocenters. The van der Waals surface area contributed by atoms with Gasteiger partial charge in [0.25, 0.3) is 5.92 Å². The van der Waals surface area contributed by atoms with Gasteiger partial charge < -0.3 is 5.32 Å². The number of nitrogens with one attached hydrogen (secondary N) is 1. The highest BCUT2D eigenvalue weighted by Crippen LogP contribution is 2.65. The number of hydrogen-bond donors (Lipinski definition) is 1. The van der Waals surface area contributed by atoms with Gasteiger partial charge >= 0.3 is 0 Å². The number of nitrogens with zero attached hydrogens (tertiary/aromatic N) is 2. The molecule has 1 amide bonds. The molecule has 19 heavy (non-hydrogen) atoms. The van der Waals surface area contributed by atoms with Gasteiger partial charge in [-0.2, -0.15) is 0 Å². The highest BCUT2D eigenvalue weighted by molar-refractivity contribution is 6.29. The molecule has 2 aliphatic carbocycles. The zero-order valence-corrected chi connectivity index (χ0v) is 10.7. The number of halogens is 3. The first-order chi connectivity index (χ1) is 9.00. The van der Waals surface area contributed by atoms with Gasteiger partial charge in [-0.15, -0.1) is 0 Å². The Hall–Kier alpha value is -1.30. The first-order valence-electron chi connectivity index (χ1n) is 6.11. The van der Waals surface area contributed by atoms with Gasteiger partial charge in [0.2, 0.25) is 5.91 Å². The van der Waals surface area contributed by atoms with Gasteiger partial charge in [0.1, 0.15) is 0 Å². The van der Waals surface area contributed by atoms with Gasteiger partial charge in [0.15, 0.2) is 5.15 Å². The van der Waals surface area contributed by atoms with E-state index in [1.807, 2.05) is 0 Å². The van der Waals surface area contributed by atoms with Crippen LogP contribution in [0, 0.1) is 17.8 Å². The highest BCUT2D eigenvalue weighted by atomic mass is 35.5. The molecule has 3 atom stereocenters. The summed E-state index contributed by atoms with van der Waals surface area (Å²) in [5.74, 6) is -4.24. The van der Waals surface area contributed by atoms with Gasteiger partial charge in [-0.3, -0.25) is 9.78 Å². The molecule has 0 aliphatic heterocycles. The number of carbonyl (C=O) groups excluding carboxylic acids is 1. The van der Waals surface area contributed by atoms with E-state index in [1.165, 1.54) is 12.4 Å². The van der Waals surface area contributed by atoms with E-state index >= 15 is 0 Å². The SMILES string of the molecule is O=C(NCc1nccnc1Cl)C1C[C@@H]2[C@H](C1)C2(F)F. The van der Waals surface area contributed by atoms with Crippen LogP contribution >= 0.6 is 11.6 Å². The van der Waals surface area contributed by atoms with E-state index in [0.717, 1.165) is 0 Å². The molecule has 1 heterocycles. The highest BCUT2D eigenvalue weighted by Gasteiger charge is 2.72. The Bertz CT molecular complexity index is 511. The van der Waals surface area contributed by atoms with Crippen LogP contribution < -0.4 is 5.32 Å². The van der Waals surface area contributed by atoms with Crippen LogP contribution in [0.15, 0.2) is 12.4 Å². The maximum atomic E-state index is 13.0. The lowest BCUT2D eigenvalue weighted by molar-refractivity contribution is -0.125. The lowest BCUT2D eigenvalue weighted by Crippen LogP contribution is -2.31. The summed E-state index contributed by atoms with van der Waals surface area (Å²) in [7, 11) is 0. The number of fused-ring (bicyclic) bond motifs is 1. The minimum atomic E-state index is -2.54. The average molecular weight is 288 g/mol. The normalized spacial score (nSPS) is 30.8. The molecule has 0 bridgehead atoms. The average Bonchev–Trinajstić information content (AvgIpc) is 2.79. The number of hydrogen-bond acceptors (Lipinski definition) is 3. The van der Waals surface area contributed by atoms with E-state index in [0.29, 0.717) is 5.69 Å². The molecular weight excluding hydrogens is 276 g/mol. The minimum Gasteiger partial charge on any atom is -0.350 e. The van der Waals surface area contributed by atoms with Crippen LogP contribution in [0.1, 0.15) is 18.5 Å². The van der Waals surface area contributed by atoms with Crippen molar-refractivity contribution in [2.24, 2.45) is 17.8 Å². The summed E-state index contributed by atoms with van der Waals surface area (Å²) < 4.78 is 26.0. The zero-order chi connectivity index (χ0) is 13.6. The summed E-state index contributed by atoms with van der Waals surface area (Å²) in [4.78, 5) is 19.7. The standard InChI is InChI=1S/C12H12ClF2N3O/c13-10-9(16-1-2-17-10)5-18-11(19)6-3-7-8(4-6)12(7,14)15/h1-2,6-8H,3-5H2,(H,18,19)/t6?,7-,8+. The fraction of sp³-hybridized carbons (Fsp3) is 0.583. The molecule has 2 fully saturated rings. The van der Waals surface area contributed by atoms with Crippen molar-refractivity contribution >= 4 is 17.5 Å². The minimum absolute atomic E-state index is 0.174. The van der Waals surface area contributed by atoms with Crippen molar-refractivity contribution in [1.29, 1.82) is 0 Å². The molecule has 2 aliphatic rings. The zero-order valence-electron chi connectivity index (χ0n) is 9.94. The Morgan fingerprint density at radius 3 is 2.63 bits per heavy atom. The molecule has 1 N–H and O–H groups in total. The molecule has 3 rings (SSSR count). The largest absolute Gasteiger partial charge is 0.350 e. The summed E-state index contributed by atoms with van der Waals surface area (Å²) in [6, 6.07) is 0. The topological polar surface area (TPSA) is 54.9 Å². The second kappa shape index (κ2) is 4.37. The molecule has 1 aromatic rings. The Balaban J connectivity index is 1.52. The summed E-state index contributed by atoms with van der Waals surface area (Å²) in [5, 5.41) is 2.92. The van der Waals surface area contributed by atoms with Crippen LogP contribution in [0.25, 0.3) is 0 Å². The van der Waals surface area contributed by atoms with E-state index in [2.05, 4.69) is 15.3 Å². The number of amides is 1.